The van der Waals surface area contributed by atoms with Crippen LogP contribution >= 0.6 is 23.2 Å². The number of ether oxygens (including phenoxy) is 1. The summed E-state index contributed by atoms with van der Waals surface area (Å²) in [6, 6.07) is 5.42. The summed E-state index contributed by atoms with van der Waals surface area (Å²) in [7, 11) is 0. The van der Waals surface area contributed by atoms with Gasteiger partial charge in [0, 0.05) is 10.0 Å². The van der Waals surface area contributed by atoms with Crippen LogP contribution in [0.2, 0.25) is 10.0 Å². The third kappa shape index (κ3) is 3.71. The van der Waals surface area contributed by atoms with Crippen LogP contribution in [0.15, 0.2) is 18.2 Å². The Morgan fingerprint density at radius 2 is 2.00 bits per heavy atom. The van der Waals surface area contributed by atoms with Crippen LogP contribution in [0.25, 0.3) is 0 Å². The van der Waals surface area contributed by atoms with E-state index in [9.17, 15) is 4.79 Å². The van der Waals surface area contributed by atoms with E-state index in [1.165, 1.54) is 0 Å². The second-order valence-electron chi connectivity index (χ2n) is 5.57. The van der Waals surface area contributed by atoms with Crippen molar-refractivity contribution in [2.75, 3.05) is 19.7 Å². The van der Waals surface area contributed by atoms with Crippen molar-refractivity contribution >= 4 is 29.2 Å². The first-order chi connectivity index (χ1) is 9.97. The predicted octanol–water partition coefficient (Wildman–Crippen LogP) is 4.26. The largest absolute Gasteiger partial charge is 0.466 e. The topological polar surface area (TPSA) is 29.5 Å². The zero-order chi connectivity index (χ0) is 15.5. The van der Waals surface area contributed by atoms with Crippen molar-refractivity contribution in [2.45, 2.75) is 38.6 Å². The lowest BCUT2D eigenvalue weighted by molar-refractivity contribution is -0.146. The number of halogens is 2. The van der Waals surface area contributed by atoms with Crippen LogP contribution in [0, 0.1) is 0 Å². The first-order valence-electron chi connectivity index (χ1n) is 7.33. The molecule has 0 aromatic heterocycles. The standard InChI is InChI=1S/C16H21Cl2NO2/c1-3-21-15(20)11-16(2,19-8-4-5-9-19)13-10-12(17)6-7-14(13)18/h6-7,10H,3-5,8-9,11H2,1-2H3. The SMILES string of the molecule is CCOC(=O)CC(C)(c1cc(Cl)ccc1Cl)N1CCCC1. The zero-order valence-electron chi connectivity index (χ0n) is 12.5. The molecule has 21 heavy (non-hydrogen) atoms. The van der Waals surface area contributed by atoms with Crippen LogP contribution in [0.4, 0.5) is 0 Å². The van der Waals surface area contributed by atoms with Gasteiger partial charge in [0.1, 0.15) is 0 Å². The fourth-order valence-electron chi connectivity index (χ4n) is 2.99. The molecule has 0 bridgehead atoms. The van der Waals surface area contributed by atoms with Gasteiger partial charge in [0.05, 0.1) is 18.6 Å². The predicted molar refractivity (Wildman–Crippen MR) is 85.9 cm³/mol. The normalized spacial score (nSPS) is 18.5. The number of carbonyl (C=O) groups excluding carboxylic acids is 1. The molecule has 1 atom stereocenters. The van der Waals surface area contributed by atoms with Crippen molar-refractivity contribution in [1.29, 1.82) is 0 Å². The molecular weight excluding hydrogens is 309 g/mol. The lowest BCUT2D eigenvalue weighted by atomic mass is 9.86. The summed E-state index contributed by atoms with van der Waals surface area (Å²) in [4.78, 5) is 14.4. The molecule has 1 unspecified atom stereocenters. The van der Waals surface area contributed by atoms with Gasteiger partial charge >= 0.3 is 5.97 Å². The fraction of sp³-hybridized carbons (Fsp3) is 0.562. The smallest absolute Gasteiger partial charge is 0.308 e. The number of likely N-dealkylation sites (tertiary alicyclic amines) is 1. The number of hydrogen-bond donors (Lipinski definition) is 0. The second-order valence-corrected chi connectivity index (χ2v) is 6.42. The molecule has 1 aromatic rings. The Kier molecular flexibility index (Phi) is 5.53. The van der Waals surface area contributed by atoms with Gasteiger partial charge in [-0.05, 0) is 63.5 Å². The molecule has 1 aliphatic rings. The zero-order valence-corrected chi connectivity index (χ0v) is 14.0. The number of esters is 1. The molecule has 5 heteroatoms. The molecule has 0 aliphatic carbocycles. The van der Waals surface area contributed by atoms with E-state index in [0.717, 1.165) is 31.5 Å². The molecule has 2 rings (SSSR count). The molecule has 116 valence electrons. The fourth-order valence-corrected chi connectivity index (χ4v) is 3.48. The molecular formula is C16H21Cl2NO2. The number of rotatable bonds is 5. The molecule has 0 N–H and O–H groups in total. The van der Waals surface area contributed by atoms with Crippen molar-refractivity contribution in [3.05, 3.63) is 33.8 Å². The van der Waals surface area contributed by atoms with E-state index in [1.807, 2.05) is 19.9 Å². The summed E-state index contributed by atoms with van der Waals surface area (Å²) in [5.41, 5.74) is 0.414. The first kappa shape index (κ1) is 16.6. The third-order valence-electron chi connectivity index (χ3n) is 4.11. The van der Waals surface area contributed by atoms with Crippen molar-refractivity contribution in [3.63, 3.8) is 0 Å². The molecule has 1 aromatic carbocycles. The van der Waals surface area contributed by atoms with Gasteiger partial charge in [-0.2, -0.15) is 0 Å². The molecule has 1 aliphatic heterocycles. The maximum Gasteiger partial charge on any atom is 0.308 e. The highest BCUT2D eigenvalue weighted by atomic mass is 35.5. The Morgan fingerprint density at radius 1 is 1.33 bits per heavy atom. The van der Waals surface area contributed by atoms with Crippen molar-refractivity contribution in [3.8, 4) is 0 Å². The van der Waals surface area contributed by atoms with Gasteiger partial charge in [0.15, 0.2) is 0 Å². The number of hydrogen-bond acceptors (Lipinski definition) is 3. The summed E-state index contributed by atoms with van der Waals surface area (Å²) < 4.78 is 5.15. The second kappa shape index (κ2) is 6.99. The summed E-state index contributed by atoms with van der Waals surface area (Å²) in [5.74, 6) is -0.206. The number of benzene rings is 1. The van der Waals surface area contributed by atoms with E-state index in [0.29, 0.717) is 16.7 Å². The highest BCUT2D eigenvalue weighted by Gasteiger charge is 2.39. The first-order valence-corrected chi connectivity index (χ1v) is 8.09. The molecule has 0 radical (unpaired) electrons. The average Bonchev–Trinajstić information content (AvgIpc) is 2.96. The van der Waals surface area contributed by atoms with Gasteiger partial charge in [0.25, 0.3) is 0 Å². The van der Waals surface area contributed by atoms with Crippen LogP contribution in [0.3, 0.4) is 0 Å². The van der Waals surface area contributed by atoms with Gasteiger partial charge in [-0.3, -0.25) is 9.69 Å². The lowest BCUT2D eigenvalue weighted by Crippen LogP contribution is -2.44. The van der Waals surface area contributed by atoms with Crippen LogP contribution in [-0.2, 0) is 15.1 Å². The average molecular weight is 330 g/mol. The van der Waals surface area contributed by atoms with Crippen LogP contribution < -0.4 is 0 Å². The van der Waals surface area contributed by atoms with E-state index in [4.69, 9.17) is 27.9 Å². The van der Waals surface area contributed by atoms with E-state index in [2.05, 4.69) is 4.90 Å². The summed E-state index contributed by atoms with van der Waals surface area (Å²) in [6.45, 7) is 6.17. The Bertz CT molecular complexity index is 515. The third-order valence-corrected chi connectivity index (χ3v) is 4.67. The molecule has 3 nitrogen and oxygen atoms in total. The maximum atomic E-state index is 12.1. The number of nitrogens with zero attached hydrogens (tertiary/aromatic N) is 1. The summed E-state index contributed by atoms with van der Waals surface area (Å²) in [5, 5.41) is 1.27. The van der Waals surface area contributed by atoms with Gasteiger partial charge in [0.2, 0.25) is 0 Å². The van der Waals surface area contributed by atoms with Crippen LogP contribution in [0.5, 0.6) is 0 Å². The lowest BCUT2D eigenvalue weighted by Gasteiger charge is -2.39. The molecule has 1 fully saturated rings. The summed E-state index contributed by atoms with van der Waals surface area (Å²) in [6.07, 6.45) is 2.55. The molecule has 0 amide bonds. The van der Waals surface area contributed by atoms with Gasteiger partial charge in [-0.1, -0.05) is 23.2 Å². The summed E-state index contributed by atoms with van der Waals surface area (Å²) >= 11 is 12.5. The Morgan fingerprint density at radius 3 is 2.62 bits per heavy atom. The quantitative estimate of drug-likeness (QED) is 0.756. The van der Waals surface area contributed by atoms with E-state index in [1.54, 1.807) is 12.1 Å². The van der Waals surface area contributed by atoms with Crippen LogP contribution in [-0.4, -0.2) is 30.6 Å². The monoisotopic (exact) mass is 329 g/mol. The van der Waals surface area contributed by atoms with Crippen molar-refractivity contribution < 1.29 is 9.53 Å². The van der Waals surface area contributed by atoms with Crippen LogP contribution in [0.1, 0.15) is 38.7 Å². The Balaban J connectivity index is 2.39. The van der Waals surface area contributed by atoms with E-state index >= 15 is 0 Å². The highest BCUT2D eigenvalue weighted by molar-refractivity contribution is 6.33. The van der Waals surface area contributed by atoms with Gasteiger partial charge in [-0.25, -0.2) is 0 Å². The van der Waals surface area contributed by atoms with Gasteiger partial charge in [-0.15, -0.1) is 0 Å². The Labute approximate surface area is 136 Å². The maximum absolute atomic E-state index is 12.1. The molecule has 0 spiro atoms. The van der Waals surface area contributed by atoms with Gasteiger partial charge < -0.3 is 4.74 Å². The molecule has 1 heterocycles. The minimum Gasteiger partial charge on any atom is -0.466 e. The minimum atomic E-state index is -0.481. The van der Waals surface area contributed by atoms with E-state index < -0.39 is 5.54 Å². The Hall–Kier alpha value is -0.770. The molecule has 0 saturated carbocycles. The molecule has 1 saturated heterocycles. The minimum absolute atomic E-state index is 0.206. The van der Waals surface area contributed by atoms with Crippen molar-refractivity contribution in [2.24, 2.45) is 0 Å². The van der Waals surface area contributed by atoms with Crippen molar-refractivity contribution in [1.82, 2.24) is 4.90 Å². The highest BCUT2D eigenvalue weighted by Crippen LogP contribution is 2.39. The van der Waals surface area contributed by atoms with E-state index in [-0.39, 0.29) is 12.4 Å². The number of carbonyl (C=O) groups is 1.